The van der Waals surface area contributed by atoms with Crippen molar-refractivity contribution in [3.8, 4) is 0 Å². The molecule has 0 fully saturated rings. The molecule has 0 aromatic heterocycles. The van der Waals surface area contributed by atoms with Crippen LogP contribution in [0.3, 0.4) is 0 Å². The van der Waals surface area contributed by atoms with Crippen LogP contribution in [-0.2, 0) is 11.3 Å². The summed E-state index contributed by atoms with van der Waals surface area (Å²) in [6.07, 6.45) is 0. The van der Waals surface area contributed by atoms with Crippen LogP contribution in [0.25, 0.3) is 0 Å². The van der Waals surface area contributed by atoms with Gasteiger partial charge in [0.05, 0.1) is 5.56 Å². The normalized spacial score (nSPS) is 11.5. The molecule has 0 aliphatic heterocycles. The highest BCUT2D eigenvalue weighted by Gasteiger charge is 2.33. The lowest BCUT2D eigenvalue weighted by molar-refractivity contribution is -0.121. The van der Waals surface area contributed by atoms with Gasteiger partial charge in [0.2, 0.25) is 0 Å². The summed E-state index contributed by atoms with van der Waals surface area (Å²) in [6.45, 7) is 4.21. The first kappa shape index (κ1) is 24.4. The van der Waals surface area contributed by atoms with Crippen molar-refractivity contribution in [1.82, 2.24) is 4.90 Å². The molecule has 0 saturated heterocycles. The van der Waals surface area contributed by atoms with Crippen molar-refractivity contribution in [2.45, 2.75) is 26.4 Å². The van der Waals surface area contributed by atoms with E-state index in [0.717, 1.165) is 27.9 Å². The Kier molecular flexibility index (Phi) is 7.78. The molecular weight excluding hydrogens is 500 g/mol. The first-order valence-corrected chi connectivity index (χ1v) is 12.3. The molecule has 5 heteroatoms. The Labute approximate surface area is 214 Å². The van der Waals surface area contributed by atoms with Crippen LogP contribution in [-0.4, -0.2) is 16.7 Å². The third-order valence-electron chi connectivity index (χ3n) is 5.97. The van der Waals surface area contributed by atoms with Crippen LogP contribution in [0.4, 0.5) is 5.69 Å². The number of aryl methyl sites for hydroxylation is 2. The van der Waals surface area contributed by atoms with E-state index in [1.807, 2.05) is 111 Å². The summed E-state index contributed by atoms with van der Waals surface area (Å²) in [5.74, 6) is -0.489. The Hall–Kier alpha value is -3.70. The molecule has 35 heavy (non-hydrogen) atoms. The Morgan fingerprint density at radius 3 is 1.97 bits per heavy atom. The van der Waals surface area contributed by atoms with Crippen molar-refractivity contribution in [1.29, 1.82) is 0 Å². The molecule has 0 aliphatic rings. The van der Waals surface area contributed by atoms with E-state index >= 15 is 0 Å². The molecule has 0 radical (unpaired) electrons. The number of anilines is 1. The lowest BCUT2D eigenvalue weighted by atomic mass is 10.0. The van der Waals surface area contributed by atoms with E-state index in [1.165, 1.54) is 0 Å². The van der Waals surface area contributed by atoms with Crippen molar-refractivity contribution >= 4 is 33.4 Å². The lowest BCUT2D eigenvalue weighted by Gasteiger charge is -2.32. The number of nitrogens with one attached hydrogen (secondary N) is 1. The number of rotatable bonds is 7. The molecule has 0 saturated carbocycles. The maximum atomic E-state index is 14.0. The second kappa shape index (κ2) is 11.2. The van der Waals surface area contributed by atoms with E-state index in [2.05, 4.69) is 21.2 Å². The molecule has 0 heterocycles. The van der Waals surface area contributed by atoms with Gasteiger partial charge in [-0.25, -0.2) is 0 Å². The first-order valence-electron chi connectivity index (χ1n) is 11.5. The summed E-state index contributed by atoms with van der Waals surface area (Å²) in [5.41, 5.74) is 4.89. The molecule has 4 rings (SSSR count). The zero-order valence-corrected chi connectivity index (χ0v) is 21.3. The van der Waals surface area contributed by atoms with Crippen LogP contribution >= 0.6 is 15.9 Å². The van der Waals surface area contributed by atoms with Crippen LogP contribution in [0.15, 0.2) is 108 Å². The predicted molar refractivity (Wildman–Crippen MR) is 144 cm³/mol. The topological polar surface area (TPSA) is 49.4 Å². The molecule has 0 bridgehead atoms. The smallest absolute Gasteiger partial charge is 0.256 e. The van der Waals surface area contributed by atoms with Gasteiger partial charge in [0.15, 0.2) is 0 Å². The van der Waals surface area contributed by atoms with Gasteiger partial charge < -0.3 is 10.2 Å². The third kappa shape index (κ3) is 5.69. The highest BCUT2D eigenvalue weighted by molar-refractivity contribution is 9.10. The van der Waals surface area contributed by atoms with E-state index in [1.54, 1.807) is 11.0 Å². The van der Waals surface area contributed by atoms with Crippen molar-refractivity contribution in [2.24, 2.45) is 0 Å². The monoisotopic (exact) mass is 526 g/mol. The summed E-state index contributed by atoms with van der Waals surface area (Å²) in [5, 5.41) is 3.12. The molecule has 4 aromatic carbocycles. The van der Waals surface area contributed by atoms with Gasteiger partial charge in [-0.15, -0.1) is 0 Å². The Bertz CT molecular complexity index is 1300. The van der Waals surface area contributed by atoms with Gasteiger partial charge in [0.1, 0.15) is 6.04 Å². The van der Waals surface area contributed by atoms with Gasteiger partial charge in [0, 0.05) is 16.7 Å². The van der Waals surface area contributed by atoms with Crippen molar-refractivity contribution in [2.75, 3.05) is 5.32 Å². The average molecular weight is 527 g/mol. The van der Waals surface area contributed by atoms with Gasteiger partial charge >= 0.3 is 0 Å². The molecule has 0 aliphatic carbocycles. The fourth-order valence-electron chi connectivity index (χ4n) is 4.16. The largest absolute Gasteiger partial charge is 0.323 e. The fourth-order valence-corrected chi connectivity index (χ4v) is 4.62. The molecule has 1 atom stereocenters. The SMILES string of the molecule is Cc1cccc(C)c1NC(=O)C(c1ccccc1)N(Cc1ccccc1)C(=O)c1ccccc1Br. The first-order chi connectivity index (χ1) is 17.0. The third-order valence-corrected chi connectivity index (χ3v) is 6.66. The van der Waals surface area contributed by atoms with E-state index in [4.69, 9.17) is 0 Å². The van der Waals surface area contributed by atoms with Crippen LogP contribution in [0, 0.1) is 13.8 Å². The molecule has 2 amide bonds. The summed E-state index contributed by atoms with van der Waals surface area (Å²) in [6, 6.07) is 31.6. The van der Waals surface area contributed by atoms with Crippen molar-refractivity contribution in [3.63, 3.8) is 0 Å². The molecule has 176 valence electrons. The molecule has 1 unspecified atom stereocenters. The minimum Gasteiger partial charge on any atom is -0.323 e. The van der Waals surface area contributed by atoms with Gasteiger partial charge in [-0.05, 0) is 64.2 Å². The lowest BCUT2D eigenvalue weighted by Crippen LogP contribution is -2.41. The number of nitrogens with zero attached hydrogens (tertiary/aromatic N) is 1. The van der Waals surface area contributed by atoms with E-state index < -0.39 is 6.04 Å². The average Bonchev–Trinajstić information content (AvgIpc) is 2.87. The highest BCUT2D eigenvalue weighted by atomic mass is 79.9. The molecule has 1 N–H and O–H groups in total. The predicted octanol–water partition coefficient (Wildman–Crippen LogP) is 7.09. The minimum absolute atomic E-state index is 0.230. The van der Waals surface area contributed by atoms with Crippen LogP contribution < -0.4 is 5.32 Å². The second-order valence-corrected chi connectivity index (χ2v) is 9.32. The Morgan fingerprint density at radius 1 is 0.771 bits per heavy atom. The molecule has 4 aromatic rings. The number of para-hydroxylation sites is 1. The van der Waals surface area contributed by atoms with Crippen LogP contribution in [0.2, 0.25) is 0 Å². The maximum Gasteiger partial charge on any atom is 0.256 e. The van der Waals surface area contributed by atoms with E-state index in [9.17, 15) is 9.59 Å². The number of carbonyl (C=O) groups is 2. The van der Waals surface area contributed by atoms with Gasteiger partial charge in [-0.3, -0.25) is 9.59 Å². The molecule has 0 spiro atoms. The summed E-state index contributed by atoms with van der Waals surface area (Å²) in [7, 11) is 0. The molecular formula is C30H27BrN2O2. The number of hydrogen-bond acceptors (Lipinski definition) is 2. The zero-order chi connectivity index (χ0) is 24.8. The van der Waals surface area contributed by atoms with Crippen molar-refractivity contribution < 1.29 is 9.59 Å². The standard InChI is InChI=1S/C30H27BrN2O2/c1-21-12-11-13-22(2)27(21)32-29(34)28(24-16-7-4-8-17-24)33(20-23-14-5-3-6-15-23)30(35)25-18-9-10-19-26(25)31/h3-19,28H,20H2,1-2H3,(H,32,34). The van der Waals surface area contributed by atoms with Crippen LogP contribution in [0.1, 0.15) is 38.7 Å². The fraction of sp³-hybridized carbons (Fsp3) is 0.133. The number of halogens is 1. The van der Waals surface area contributed by atoms with Crippen molar-refractivity contribution in [3.05, 3.63) is 135 Å². The van der Waals surface area contributed by atoms with E-state index in [-0.39, 0.29) is 18.4 Å². The van der Waals surface area contributed by atoms with Gasteiger partial charge in [-0.2, -0.15) is 0 Å². The Morgan fingerprint density at radius 2 is 1.34 bits per heavy atom. The highest BCUT2D eigenvalue weighted by Crippen LogP contribution is 2.30. The number of benzene rings is 4. The maximum absolute atomic E-state index is 14.0. The summed E-state index contributed by atoms with van der Waals surface area (Å²) >= 11 is 3.52. The van der Waals surface area contributed by atoms with Crippen LogP contribution in [0.5, 0.6) is 0 Å². The molecule has 4 nitrogen and oxygen atoms in total. The number of carbonyl (C=O) groups excluding carboxylic acids is 2. The minimum atomic E-state index is -0.838. The number of hydrogen-bond donors (Lipinski definition) is 1. The number of amides is 2. The quantitative estimate of drug-likeness (QED) is 0.279. The Balaban J connectivity index is 1.82. The second-order valence-electron chi connectivity index (χ2n) is 8.47. The summed E-state index contributed by atoms with van der Waals surface area (Å²) < 4.78 is 0.685. The van der Waals surface area contributed by atoms with Gasteiger partial charge in [-0.1, -0.05) is 91.0 Å². The zero-order valence-electron chi connectivity index (χ0n) is 19.7. The van der Waals surface area contributed by atoms with E-state index in [0.29, 0.717) is 10.0 Å². The van der Waals surface area contributed by atoms with Gasteiger partial charge in [0.25, 0.3) is 11.8 Å². The summed E-state index contributed by atoms with van der Waals surface area (Å²) in [4.78, 5) is 29.6.